The number of halogens is 1. The van der Waals surface area contributed by atoms with Crippen LogP contribution in [0.3, 0.4) is 0 Å². The summed E-state index contributed by atoms with van der Waals surface area (Å²) in [5.74, 6) is -0.0684. The summed E-state index contributed by atoms with van der Waals surface area (Å²) < 4.78 is 0. The van der Waals surface area contributed by atoms with E-state index in [1.165, 1.54) is 32.1 Å². The molecule has 1 aliphatic carbocycles. The first kappa shape index (κ1) is 33.5. The largest absolute Gasteiger partial charge is 0.396 e. The van der Waals surface area contributed by atoms with Gasteiger partial charge in [-0.05, 0) is 74.7 Å². The van der Waals surface area contributed by atoms with Gasteiger partial charge >= 0.3 is 0 Å². The molecule has 1 aliphatic rings. The van der Waals surface area contributed by atoms with Crippen molar-refractivity contribution in [1.29, 1.82) is 0 Å². The minimum absolute atomic E-state index is 0.0684. The maximum atomic E-state index is 13.7. The Bertz CT molecular complexity index is 1010. The molecule has 0 heterocycles. The minimum atomic E-state index is -0.621. The van der Waals surface area contributed by atoms with Crippen molar-refractivity contribution < 1.29 is 4.79 Å². The van der Waals surface area contributed by atoms with Crippen molar-refractivity contribution in [2.45, 2.75) is 65.1 Å². The molecule has 1 amide bonds. The number of hydrogen-bond acceptors (Lipinski definition) is 5. The average Bonchev–Trinajstić information content (AvgIpc) is 2.90. The van der Waals surface area contributed by atoms with Gasteiger partial charge in [0.15, 0.2) is 6.17 Å². The lowest BCUT2D eigenvalue weighted by molar-refractivity contribution is -0.123. The highest BCUT2D eigenvalue weighted by Gasteiger charge is 2.28. The number of rotatable bonds is 12. The molecule has 0 aromatic heterocycles. The van der Waals surface area contributed by atoms with Crippen molar-refractivity contribution in [3.63, 3.8) is 0 Å². The van der Waals surface area contributed by atoms with Crippen LogP contribution in [0.1, 0.15) is 51.5 Å². The molecule has 0 spiro atoms. The Morgan fingerprint density at radius 3 is 2.63 bits per heavy atom. The Hall–Kier alpha value is -2.54. The molecule has 1 saturated carbocycles. The summed E-state index contributed by atoms with van der Waals surface area (Å²) in [6.07, 6.45) is 14.7. The van der Waals surface area contributed by atoms with E-state index in [1.807, 2.05) is 44.2 Å². The molecule has 8 heteroatoms. The normalized spacial score (nSPS) is 14.7. The standard InChI is InChI=1S/C29H41ClN4O.CH3NS/c1-6-8-9-11-14-23(3)22-32-28(29(35)33(5)27-18-17-25(30)21-24(27)4)34(7-2)20-19-31-26-15-12-10-13-16-26;2-1-3/h6,8,11,14,17-18,21-22,26,28,31H,1,7,10,12-13,15-16,19-20H2,2-5H3;1H,(H2,2,3)/b23-14+,32-22+;. The van der Waals surface area contributed by atoms with Gasteiger partial charge in [0.1, 0.15) is 0 Å². The number of likely N-dealkylation sites (N-methyl/N-ethyl adjacent to an activating group) is 2. The molecule has 208 valence electrons. The Labute approximate surface area is 240 Å². The molecule has 1 unspecified atom stereocenters. The van der Waals surface area contributed by atoms with Gasteiger partial charge in [-0.1, -0.05) is 68.7 Å². The Morgan fingerprint density at radius 2 is 2.03 bits per heavy atom. The number of nitrogens with two attached hydrogens (primary N) is 1. The Balaban J connectivity index is 0.00000229. The van der Waals surface area contributed by atoms with Crippen LogP contribution in [0, 0.1) is 6.92 Å². The van der Waals surface area contributed by atoms with Gasteiger partial charge in [0, 0.05) is 43.1 Å². The number of nitrogens with one attached hydrogen (secondary N) is 1. The molecule has 1 aromatic carbocycles. The third-order valence-electron chi connectivity index (χ3n) is 6.34. The zero-order valence-electron chi connectivity index (χ0n) is 23.3. The molecule has 1 atom stereocenters. The van der Waals surface area contributed by atoms with Gasteiger partial charge in [-0.3, -0.25) is 14.7 Å². The first-order chi connectivity index (χ1) is 18.3. The molecule has 6 nitrogen and oxygen atoms in total. The predicted molar refractivity (Wildman–Crippen MR) is 168 cm³/mol. The smallest absolute Gasteiger partial charge is 0.266 e. The minimum Gasteiger partial charge on any atom is -0.396 e. The van der Waals surface area contributed by atoms with Crippen molar-refractivity contribution in [3.05, 3.63) is 71.0 Å². The monoisotopic (exact) mass is 557 g/mol. The number of aliphatic imine (C=N–C) groups is 1. The summed E-state index contributed by atoms with van der Waals surface area (Å²) in [5.41, 5.74) is 11.4. The summed E-state index contributed by atoms with van der Waals surface area (Å²) in [6, 6.07) is 6.16. The third-order valence-corrected chi connectivity index (χ3v) is 6.57. The number of carbonyl (C=O) groups excluding carboxylic acids is 1. The van der Waals surface area contributed by atoms with Gasteiger partial charge in [0.2, 0.25) is 0 Å². The first-order valence-corrected chi connectivity index (χ1v) is 14.0. The van der Waals surface area contributed by atoms with E-state index in [-0.39, 0.29) is 5.91 Å². The van der Waals surface area contributed by atoms with E-state index in [0.29, 0.717) is 11.1 Å². The van der Waals surface area contributed by atoms with Crippen molar-refractivity contribution in [3.8, 4) is 0 Å². The molecule has 0 aliphatic heterocycles. The Morgan fingerprint density at radius 1 is 1.34 bits per heavy atom. The van der Waals surface area contributed by atoms with Crippen LogP contribution < -0.4 is 16.0 Å². The SMILES string of the molecule is C=CC=C=C/C=C(C)/C=N/C(C(=O)N(C)c1ccc(Cl)cc1C)N(CC)CCNC1CCCCC1.NC=S. The zero-order chi connectivity index (χ0) is 28.3. The number of thiocarbonyl (C=S) groups is 1. The van der Waals surface area contributed by atoms with Gasteiger partial charge < -0.3 is 16.0 Å². The lowest BCUT2D eigenvalue weighted by atomic mass is 9.95. The fraction of sp³-hybridized carbons (Fsp3) is 0.467. The second-order valence-corrected chi connectivity index (χ2v) is 9.89. The lowest BCUT2D eigenvalue weighted by Crippen LogP contribution is -2.49. The number of hydrogen-bond donors (Lipinski definition) is 2. The van der Waals surface area contributed by atoms with Gasteiger partial charge in [0.25, 0.3) is 5.91 Å². The molecule has 3 N–H and O–H groups in total. The van der Waals surface area contributed by atoms with E-state index in [0.717, 1.165) is 41.9 Å². The van der Waals surface area contributed by atoms with Crippen molar-refractivity contribution in [1.82, 2.24) is 10.2 Å². The predicted octanol–water partition coefficient (Wildman–Crippen LogP) is 6.00. The van der Waals surface area contributed by atoms with E-state index >= 15 is 0 Å². The number of benzene rings is 1. The van der Waals surface area contributed by atoms with Crippen LogP contribution in [-0.4, -0.2) is 61.4 Å². The van der Waals surface area contributed by atoms with E-state index in [2.05, 4.69) is 47.4 Å². The molecule has 1 aromatic rings. The van der Waals surface area contributed by atoms with Crippen molar-refractivity contribution in [2.75, 3.05) is 31.6 Å². The maximum absolute atomic E-state index is 13.7. The topological polar surface area (TPSA) is 74.0 Å². The first-order valence-electron chi connectivity index (χ1n) is 13.2. The van der Waals surface area contributed by atoms with Crippen LogP contribution in [0.5, 0.6) is 0 Å². The molecule has 38 heavy (non-hydrogen) atoms. The zero-order valence-corrected chi connectivity index (χ0v) is 24.9. The van der Waals surface area contributed by atoms with Crippen LogP contribution in [0.15, 0.2) is 65.4 Å². The molecule has 2 rings (SSSR count). The van der Waals surface area contributed by atoms with Crippen LogP contribution >= 0.6 is 23.8 Å². The summed E-state index contributed by atoms with van der Waals surface area (Å²) in [7, 11) is 1.81. The molecular formula is C30H44ClN5OS. The number of allylic oxidation sites excluding steroid dienone is 4. The van der Waals surface area contributed by atoms with Gasteiger partial charge in [-0.25, -0.2) is 0 Å². The maximum Gasteiger partial charge on any atom is 0.266 e. The van der Waals surface area contributed by atoms with Crippen LogP contribution in [-0.2, 0) is 4.79 Å². The molecule has 0 saturated heterocycles. The van der Waals surface area contributed by atoms with Gasteiger partial charge in [0.05, 0.1) is 5.49 Å². The highest BCUT2D eigenvalue weighted by molar-refractivity contribution is 7.78. The molecule has 0 bridgehead atoms. The fourth-order valence-corrected chi connectivity index (χ4v) is 4.53. The summed E-state index contributed by atoms with van der Waals surface area (Å²) in [4.78, 5) is 22.3. The van der Waals surface area contributed by atoms with Crippen LogP contribution in [0.2, 0.25) is 5.02 Å². The van der Waals surface area contributed by atoms with E-state index < -0.39 is 6.17 Å². The van der Waals surface area contributed by atoms with E-state index in [1.54, 1.807) is 30.3 Å². The van der Waals surface area contributed by atoms with Crippen molar-refractivity contribution in [2.24, 2.45) is 10.7 Å². The molecule has 1 fully saturated rings. The van der Waals surface area contributed by atoms with Crippen LogP contribution in [0.25, 0.3) is 0 Å². The summed E-state index contributed by atoms with van der Waals surface area (Å²) in [5, 5.41) is 4.35. The second kappa shape index (κ2) is 19.5. The second-order valence-electron chi connectivity index (χ2n) is 9.18. The van der Waals surface area contributed by atoms with Gasteiger partial charge in [-0.2, -0.15) is 0 Å². The van der Waals surface area contributed by atoms with Crippen molar-refractivity contribution >= 4 is 47.1 Å². The number of carbonyl (C=O) groups is 1. The third kappa shape index (κ3) is 12.3. The summed E-state index contributed by atoms with van der Waals surface area (Å²) in [6.45, 7) is 12.0. The fourth-order valence-electron chi connectivity index (χ4n) is 4.31. The Kier molecular flexibility index (Phi) is 17.2. The highest BCUT2D eigenvalue weighted by atomic mass is 35.5. The lowest BCUT2D eigenvalue weighted by Gasteiger charge is -2.31. The van der Waals surface area contributed by atoms with Crippen LogP contribution in [0.4, 0.5) is 5.69 Å². The van der Waals surface area contributed by atoms with E-state index in [4.69, 9.17) is 16.6 Å². The van der Waals surface area contributed by atoms with Gasteiger partial charge in [-0.15, -0.1) is 5.73 Å². The molecule has 0 radical (unpaired) electrons. The number of anilines is 1. The number of nitrogens with zero attached hydrogens (tertiary/aromatic N) is 3. The molecular weight excluding hydrogens is 514 g/mol. The number of aryl methyl sites for hydroxylation is 1. The highest BCUT2D eigenvalue weighted by Crippen LogP contribution is 2.24. The van der Waals surface area contributed by atoms with E-state index in [9.17, 15) is 4.79 Å². The summed E-state index contributed by atoms with van der Waals surface area (Å²) >= 11 is 10.2. The average molecular weight is 558 g/mol. The number of amides is 1. The quantitative estimate of drug-likeness (QED) is 0.143.